The van der Waals surface area contributed by atoms with Crippen molar-refractivity contribution >= 4 is 45.7 Å². The first-order valence-corrected chi connectivity index (χ1v) is 9.44. The molecule has 0 amide bonds. The number of carboxylic acids is 4. The van der Waals surface area contributed by atoms with E-state index in [1.54, 1.807) is 24.3 Å². The number of rotatable bonds is 6. The summed E-state index contributed by atoms with van der Waals surface area (Å²) in [4.78, 5) is 53.7. The number of aromatic carboxylic acids is 4. The lowest BCUT2D eigenvalue weighted by Gasteiger charge is -2.09. The number of nitrogens with zero attached hydrogens (tertiary/aromatic N) is 2. The lowest BCUT2D eigenvalue weighted by atomic mass is 9.98. The molecule has 0 aliphatic rings. The van der Waals surface area contributed by atoms with E-state index in [-0.39, 0.29) is 44.3 Å². The van der Waals surface area contributed by atoms with Crippen molar-refractivity contribution in [1.82, 2.24) is 9.97 Å². The number of fused-ring (bicyclic) bond motifs is 2. The lowest BCUT2D eigenvalue weighted by Crippen LogP contribution is -2.07. The van der Waals surface area contributed by atoms with Crippen LogP contribution in [0.15, 0.2) is 48.5 Å². The highest BCUT2D eigenvalue weighted by Crippen LogP contribution is 2.25. The second-order valence-corrected chi connectivity index (χ2v) is 7.21. The molecule has 0 fully saturated rings. The Morgan fingerprint density at radius 2 is 0.970 bits per heavy atom. The smallest absolute Gasteiger partial charge is 0.354 e. The van der Waals surface area contributed by atoms with Crippen LogP contribution in [0.3, 0.4) is 0 Å². The number of hydrogen-bond donors (Lipinski definition) is 4. The molecule has 0 aliphatic heterocycles. The van der Waals surface area contributed by atoms with Gasteiger partial charge in [0, 0.05) is 10.8 Å². The average Bonchev–Trinajstić information content (AvgIpc) is 2.77. The largest absolute Gasteiger partial charge is 0.478 e. The molecule has 2 aromatic carbocycles. The molecule has 2 heterocycles. The minimum atomic E-state index is -1.34. The molecule has 0 saturated carbocycles. The summed E-state index contributed by atoms with van der Waals surface area (Å²) in [5.74, 6) is -5.26. The van der Waals surface area contributed by atoms with Crippen molar-refractivity contribution in [2.75, 3.05) is 0 Å². The van der Waals surface area contributed by atoms with E-state index < -0.39 is 23.9 Å². The van der Waals surface area contributed by atoms with E-state index in [1.165, 1.54) is 12.1 Å². The zero-order valence-electron chi connectivity index (χ0n) is 16.6. The molecule has 10 heteroatoms. The molecule has 164 valence electrons. The van der Waals surface area contributed by atoms with Gasteiger partial charge in [-0.3, -0.25) is 0 Å². The van der Waals surface area contributed by atoms with Crippen LogP contribution in [0.2, 0.25) is 0 Å². The SMILES string of the molecule is O=C(O)c1cc(C(=O)O)c2cc(Cc3ccc4nc(C(=O)O)cc(C(=O)O)c4c3)ccc2n1. The van der Waals surface area contributed by atoms with Crippen LogP contribution in [0, 0.1) is 0 Å². The van der Waals surface area contributed by atoms with Crippen molar-refractivity contribution in [1.29, 1.82) is 0 Å². The Hall–Kier alpha value is -4.86. The van der Waals surface area contributed by atoms with E-state index >= 15 is 0 Å². The van der Waals surface area contributed by atoms with E-state index in [1.807, 2.05) is 0 Å². The Labute approximate surface area is 184 Å². The summed E-state index contributed by atoms with van der Waals surface area (Å²) < 4.78 is 0. The Morgan fingerprint density at radius 1 is 0.576 bits per heavy atom. The highest BCUT2D eigenvalue weighted by molar-refractivity contribution is 6.06. The molecule has 0 atom stereocenters. The van der Waals surface area contributed by atoms with Gasteiger partial charge in [0.15, 0.2) is 0 Å². The Bertz CT molecular complexity index is 1400. The van der Waals surface area contributed by atoms with Gasteiger partial charge in [0.25, 0.3) is 0 Å². The van der Waals surface area contributed by atoms with Crippen LogP contribution in [0.5, 0.6) is 0 Å². The maximum atomic E-state index is 11.7. The normalized spacial score (nSPS) is 10.9. The fourth-order valence-electron chi connectivity index (χ4n) is 3.57. The zero-order valence-corrected chi connectivity index (χ0v) is 16.6. The molecule has 10 nitrogen and oxygen atoms in total. The molecule has 4 N–H and O–H groups in total. The van der Waals surface area contributed by atoms with Gasteiger partial charge in [0.1, 0.15) is 11.4 Å². The fraction of sp³-hybridized carbons (Fsp3) is 0.0435. The van der Waals surface area contributed by atoms with Crippen LogP contribution in [0.4, 0.5) is 0 Å². The van der Waals surface area contributed by atoms with Crippen molar-refractivity contribution in [3.8, 4) is 0 Å². The number of carbonyl (C=O) groups is 4. The van der Waals surface area contributed by atoms with Crippen LogP contribution >= 0.6 is 0 Å². The van der Waals surface area contributed by atoms with Gasteiger partial charge in [0.2, 0.25) is 0 Å². The number of pyridine rings is 2. The molecule has 33 heavy (non-hydrogen) atoms. The molecule has 0 aliphatic carbocycles. The molecule has 0 bridgehead atoms. The highest BCUT2D eigenvalue weighted by atomic mass is 16.4. The van der Waals surface area contributed by atoms with Crippen molar-refractivity contribution in [2.24, 2.45) is 0 Å². The summed E-state index contributed by atoms with van der Waals surface area (Å²) in [6, 6.07) is 11.6. The molecular weight excluding hydrogens is 432 g/mol. The molecule has 0 spiro atoms. The molecule has 0 unspecified atom stereocenters. The van der Waals surface area contributed by atoms with Crippen LogP contribution in [-0.2, 0) is 6.42 Å². The zero-order chi connectivity index (χ0) is 23.9. The quantitative estimate of drug-likeness (QED) is 0.344. The van der Waals surface area contributed by atoms with Crippen molar-refractivity contribution < 1.29 is 39.6 Å². The molecular formula is C23H14N2O8. The number of benzene rings is 2. The monoisotopic (exact) mass is 446 g/mol. The van der Waals surface area contributed by atoms with Crippen molar-refractivity contribution in [2.45, 2.75) is 6.42 Å². The first kappa shape index (κ1) is 21.4. The van der Waals surface area contributed by atoms with Gasteiger partial charge in [-0.05, 0) is 53.9 Å². The highest BCUT2D eigenvalue weighted by Gasteiger charge is 2.18. The van der Waals surface area contributed by atoms with Gasteiger partial charge in [-0.1, -0.05) is 12.1 Å². The van der Waals surface area contributed by atoms with Gasteiger partial charge < -0.3 is 20.4 Å². The minimum Gasteiger partial charge on any atom is -0.478 e. The summed E-state index contributed by atoms with van der Waals surface area (Å²) in [6.45, 7) is 0. The topological polar surface area (TPSA) is 175 Å². The van der Waals surface area contributed by atoms with Crippen LogP contribution in [-0.4, -0.2) is 54.3 Å². The van der Waals surface area contributed by atoms with Crippen LogP contribution in [0.1, 0.15) is 52.8 Å². The number of aromatic nitrogens is 2. The first-order valence-electron chi connectivity index (χ1n) is 9.44. The minimum absolute atomic E-state index is 0.198. The maximum absolute atomic E-state index is 11.7. The van der Waals surface area contributed by atoms with Crippen molar-refractivity contribution in [3.63, 3.8) is 0 Å². The fourth-order valence-corrected chi connectivity index (χ4v) is 3.57. The van der Waals surface area contributed by atoms with Crippen LogP contribution < -0.4 is 0 Å². The lowest BCUT2D eigenvalue weighted by molar-refractivity contribution is 0.0673. The van der Waals surface area contributed by atoms with Gasteiger partial charge in [0.05, 0.1) is 22.2 Å². The van der Waals surface area contributed by atoms with Crippen LogP contribution in [0.25, 0.3) is 21.8 Å². The van der Waals surface area contributed by atoms with Gasteiger partial charge in [-0.2, -0.15) is 0 Å². The standard InChI is InChI=1S/C23H14N2O8/c26-20(27)14-8-18(22(30)31)24-16-3-1-10(6-12(14)16)5-11-2-4-17-13(7-11)15(21(28)29)9-19(25-17)23(32)33/h1-4,6-9H,5H2,(H,26,27)(H,28,29)(H,30,31)(H,32,33). The third-order valence-electron chi connectivity index (χ3n) is 5.05. The third kappa shape index (κ3) is 4.04. The number of carboxylic acid groups (broad SMARTS) is 4. The van der Waals surface area contributed by atoms with E-state index in [2.05, 4.69) is 9.97 Å². The summed E-state index contributed by atoms with van der Waals surface area (Å²) >= 11 is 0. The second kappa shape index (κ2) is 8.00. The summed E-state index contributed by atoms with van der Waals surface area (Å²) in [6.07, 6.45) is 0.297. The molecule has 4 aromatic rings. The third-order valence-corrected chi connectivity index (χ3v) is 5.05. The predicted octanol–water partition coefficient (Wildman–Crippen LogP) is 3.17. The van der Waals surface area contributed by atoms with E-state index in [4.69, 9.17) is 10.2 Å². The maximum Gasteiger partial charge on any atom is 0.354 e. The van der Waals surface area contributed by atoms with E-state index in [0.717, 1.165) is 12.1 Å². The summed E-state index contributed by atoms with van der Waals surface area (Å²) in [5.41, 5.74) is 0.643. The van der Waals surface area contributed by atoms with E-state index in [9.17, 15) is 29.4 Å². The second-order valence-electron chi connectivity index (χ2n) is 7.21. The molecule has 0 saturated heterocycles. The summed E-state index contributed by atoms with van der Waals surface area (Å²) in [7, 11) is 0. The summed E-state index contributed by atoms with van der Waals surface area (Å²) in [5, 5.41) is 37.9. The molecule has 2 aromatic heterocycles. The van der Waals surface area contributed by atoms with E-state index in [0.29, 0.717) is 17.5 Å². The Morgan fingerprint density at radius 3 is 1.30 bits per heavy atom. The first-order chi connectivity index (χ1) is 15.6. The Balaban J connectivity index is 1.79. The molecule has 0 radical (unpaired) electrons. The van der Waals surface area contributed by atoms with Gasteiger partial charge >= 0.3 is 23.9 Å². The predicted molar refractivity (Wildman–Crippen MR) is 114 cm³/mol. The number of hydrogen-bond acceptors (Lipinski definition) is 6. The molecule has 4 rings (SSSR count). The average molecular weight is 446 g/mol. The Kier molecular flexibility index (Phi) is 5.18. The van der Waals surface area contributed by atoms with Gasteiger partial charge in [-0.25, -0.2) is 29.1 Å². The van der Waals surface area contributed by atoms with Crippen molar-refractivity contribution in [3.05, 3.63) is 82.2 Å². The van der Waals surface area contributed by atoms with Gasteiger partial charge in [-0.15, -0.1) is 0 Å².